The van der Waals surface area contributed by atoms with Crippen LogP contribution >= 0.6 is 23.2 Å². The van der Waals surface area contributed by atoms with E-state index in [1.165, 1.54) is 18.2 Å². The van der Waals surface area contributed by atoms with E-state index >= 15 is 0 Å². The monoisotopic (exact) mass is 317 g/mol. The van der Waals surface area contributed by atoms with Crippen LogP contribution in [0.3, 0.4) is 0 Å². The van der Waals surface area contributed by atoms with Gasteiger partial charge in [0.15, 0.2) is 0 Å². The van der Waals surface area contributed by atoms with Crippen LogP contribution in [0.4, 0.5) is 4.39 Å². The van der Waals surface area contributed by atoms with Gasteiger partial charge < -0.3 is 5.32 Å². The van der Waals surface area contributed by atoms with Crippen molar-refractivity contribution in [2.75, 3.05) is 5.88 Å². The highest BCUT2D eigenvalue weighted by Gasteiger charge is 2.35. The van der Waals surface area contributed by atoms with Crippen molar-refractivity contribution in [3.8, 4) is 0 Å². The molecule has 1 amide bonds. The van der Waals surface area contributed by atoms with Crippen LogP contribution in [0.5, 0.6) is 0 Å². The molecule has 2 unspecified atom stereocenters. The molecule has 1 aromatic rings. The summed E-state index contributed by atoms with van der Waals surface area (Å²) < 4.78 is 13.1. The van der Waals surface area contributed by atoms with Crippen molar-refractivity contribution in [1.29, 1.82) is 0 Å². The molecule has 1 aliphatic carbocycles. The zero-order valence-electron chi connectivity index (χ0n) is 11.4. The van der Waals surface area contributed by atoms with E-state index in [0.717, 1.165) is 25.7 Å². The van der Waals surface area contributed by atoms with Crippen molar-refractivity contribution in [3.63, 3.8) is 0 Å². The molecule has 2 atom stereocenters. The number of carbonyl (C=O) groups excluding carboxylic acids is 1. The van der Waals surface area contributed by atoms with E-state index in [4.69, 9.17) is 23.2 Å². The van der Waals surface area contributed by atoms with E-state index in [2.05, 4.69) is 12.2 Å². The highest BCUT2D eigenvalue weighted by molar-refractivity contribution is 6.31. The Kier molecular flexibility index (Phi) is 4.92. The summed E-state index contributed by atoms with van der Waals surface area (Å²) in [6.45, 7) is 2.17. The minimum Gasteiger partial charge on any atom is -0.345 e. The molecule has 1 fully saturated rings. The van der Waals surface area contributed by atoms with E-state index in [1.807, 2.05) is 0 Å². The van der Waals surface area contributed by atoms with Gasteiger partial charge in [-0.3, -0.25) is 4.79 Å². The summed E-state index contributed by atoms with van der Waals surface area (Å²) in [6, 6.07) is 3.99. The second-order valence-electron chi connectivity index (χ2n) is 5.70. The van der Waals surface area contributed by atoms with Gasteiger partial charge in [0.1, 0.15) is 5.82 Å². The lowest BCUT2D eigenvalue weighted by atomic mass is 9.77. The summed E-state index contributed by atoms with van der Waals surface area (Å²) >= 11 is 11.8. The van der Waals surface area contributed by atoms with Crippen LogP contribution in [0.15, 0.2) is 18.2 Å². The predicted molar refractivity (Wildman–Crippen MR) is 80.0 cm³/mol. The van der Waals surface area contributed by atoms with Crippen LogP contribution in [0.25, 0.3) is 0 Å². The normalized spacial score (nSPS) is 26.3. The Bertz CT molecular complexity index is 509. The first-order chi connectivity index (χ1) is 9.46. The first kappa shape index (κ1) is 15.6. The topological polar surface area (TPSA) is 29.1 Å². The molecule has 0 aliphatic heterocycles. The molecule has 0 aromatic heterocycles. The highest BCUT2D eigenvalue weighted by atomic mass is 35.5. The second kappa shape index (κ2) is 6.31. The summed E-state index contributed by atoms with van der Waals surface area (Å²) in [5.74, 6) is 0.153. The van der Waals surface area contributed by atoms with Gasteiger partial charge >= 0.3 is 0 Å². The fourth-order valence-corrected chi connectivity index (χ4v) is 3.37. The molecule has 0 saturated heterocycles. The Hall–Kier alpha value is -0.800. The van der Waals surface area contributed by atoms with E-state index in [0.29, 0.717) is 17.4 Å². The molecule has 20 heavy (non-hydrogen) atoms. The molecule has 2 rings (SSSR count). The number of hydrogen-bond donors (Lipinski definition) is 1. The fraction of sp³-hybridized carbons (Fsp3) is 0.533. The SMILES string of the molecule is CC1CCCC(CCl)(NC(=O)c2ccc(F)c(Cl)c2)C1. The van der Waals surface area contributed by atoms with E-state index < -0.39 is 5.82 Å². The van der Waals surface area contributed by atoms with Crippen molar-refractivity contribution in [2.24, 2.45) is 5.92 Å². The highest BCUT2D eigenvalue weighted by Crippen LogP contribution is 2.33. The Morgan fingerprint density at radius 1 is 1.55 bits per heavy atom. The maximum absolute atomic E-state index is 13.1. The molecule has 1 N–H and O–H groups in total. The van der Waals surface area contributed by atoms with Gasteiger partial charge in [-0.05, 0) is 37.0 Å². The molecule has 1 saturated carbocycles. The molecule has 0 bridgehead atoms. The van der Waals surface area contributed by atoms with Crippen molar-refractivity contribution in [1.82, 2.24) is 5.32 Å². The van der Waals surface area contributed by atoms with Gasteiger partial charge in [-0.2, -0.15) is 0 Å². The summed E-state index contributed by atoms with van der Waals surface area (Å²) in [7, 11) is 0. The number of alkyl halides is 1. The van der Waals surface area contributed by atoms with E-state index in [9.17, 15) is 9.18 Å². The quantitative estimate of drug-likeness (QED) is 0.823. The minimum absolute atomic E-state index is 0.0467. The molecule has 0 spiro atoms. The van der Waals surface area contributed by atoms with Crippen LogP contribution in [0.2, 0.25) is 5.02 Å². The van der Waals surface area contributed by atoms with Gasteiger partial charge in [-0.25, -0.2) is 4.39 Å². The van der Waals surface area contributed by atoms with Gasteiger partial charge in [0.25, 0.3) is 5.91 Å². The van der Waals surface area contributed by atoms with Crippen molar-refractivity contribution in [3.05, 3.63) is 34.6 Å². The first-order valence-electron chi connectivity index (χ1n) is 6.79. The van der Waals surface area contributed by atoms with E-state index in [1.54, 1.807) is 0 Å². The maximum Gasteiger partial charge on any atom is 0.251 e. The third-order valence-electron chi connectivity index (χ3n) is 3.91. The Labute approximate surface area is 128 Å². The summed E-state index contributed by atoms with van der Waals surface area (Å²) in [6.07, 6.45) is 3.97. The van der Waals surface area contributed by atoms with Gasteiger partial charge in [0.2, 0.25) is 0 Å². The first-order valence-corrected chi connectivity index (χ1v) is 7.70. The van der Waals surface area contributed by atoms with Crippen LogP contribution < -0.4 is 5.32 Å². The van der Waals surface area contributed by atoms with Gasteiger partial charge in [0, 0.05) is 11.4 Å². The summed E-state index contributed by atoms with van der Waals surface area (Å²) in [5, 5.41) is 2.98. The molecule has 110 valence electrons. The average Bonchev–Trinajstić information content (AvgIpc) is 2.41. The van der Waals surface area contributed by atoms with Crippen LogP contribution in [0, 0.1) is 11.7 Å². The van der Waals surface area contributed by atoms with Crippen molar-refractivity contribution >= 4 is 29.1 Å². The fourth-order valence-electron chi connectivity index (χ4n) is 2.88. The van der Waals surface area contributed by atoms with E-state index in [-0.39, 0.29) is 16.5 Å². The largest absolute Gasteiger partial charge is 0.345 e. The number of rotatable bonds is 3. The van der Waals surface area contributed by atoms with Gasteiger partial charge in [-0.1, -0.05) is 31.4 Å². The number of amides is 1. The standard InChI is InChI=1S/C15H18Cl2FNO/c1-10-3-2-6-15(8-10,9-16)19-14(20)11-4-5-13(18)12(17)7-11/h4-5,7,10H,2-3,6,8-9H2,1H3,(H,19,20). The molecule has 1 aromatic carbocycles. The molecule has 0 radical (unpaired) electrons. The van der Waals surface area contributed by atoms with Gasteiger partial charge in [-0.15, -0.1) is 11.6 Å². The lowest BCUT2D eigenvalue weighted by Gasteiger charge is -2.39. The zero-order chi connectivity index (χ0) is 14.8. The molecule has 2 nitrogen and oxygen atoms in total. The van der Waals surface area contributed by atoms with Gasteiger partial charge in [0.05, 0.1) is 10.6 Å². The van der Waals surface area contributed by atoms with Crippen molar-refractivity contribution in [2.45, 2.75) is 38.1 Å². The Balaban J connectivity index is 2.14. The Morgan fingerprint density at radius 3 is 2.90 bits per heavy atom. The smallest absolute Gasteiger partial charge is 0.251 e. The average molecular weight is 318 g/mol. The van der Waals surface area contributed by atoms with Crippen LogP contribution in [-0.4, -0.2) is 17.3 Å². The lowest BCUT2D eigenvalue weighted by molar-refractivity contribution is 0.0867. The Morgan fingerprint density at radius 2 is 2.30 bits per heavy atom. The number of benzene rings is 1. The number of halogens is 3. The lowest BCUT2D eigenvalue weighted by Crippen LogP contribution is -2.52. The van der Waals surface area contributed by atoms with Crippen LogP contribution in [-0.2, 0) is 0 Å². The number of hydrogen-bond acceptors (Lipinski definition) is 1. The van der Waals surface area contributed by atoms with Crippen LogP contribution in [0.1, 0.15) is 43.0 Å². The predicted octanol–water partition coefficient (Wildman–Crippen LogP) is 4.40. The van der Waals surface area contributed by atoms with Crippen molar-refractivity contribution < 1.29 is 9.18 Å². The molecule has 1 aliphatic rings. The third-order valence-corrected chi connectivity index (χ3v) is 4.71. The minimum atomic E-state index is -0.526. The maximum atomic E-state index is 13.1. The second-order valence-corrected chi connectivity index (χ2v) is 6.37. The molecule has 5 heteroatoms. The number of carbonyl (C=O) groups is 1. The summed E-state index contributed by atoms with van der Waals surface area (Å²) in [4.78, 5) is 12.3. The zero-order valence-corrected chi connectivity index (χ0v) is 12.9. The molecule has 0 heterocycles. The molecular formula is C15H18Cl2FNO. The molecular weight excluding hydrogens is 300 g/mol. The third kappa shape index (κ3) is 3.44. The summed E-state index contributed by atoms with van der Waals surface area (Å²) in [5.41, 5.74) is -0.00363. The number of nitrogens with one attached hydrogen (secondary N) is 1.